The second kappa shape index (κ2) is 14.3. The van der Waals surface area contributed by atoms with Gasteiger partial charge in [-0.25, -0.2) is 14.8 Å². The van der Waals surface area contributed by atoms with Gasteiger partial charge >= 0.3 is 11.9 Å². The van der Waals surface area contributed by atoms with Gasteiger partial charge in [-0.3, -0.25) is 33.9 Å². The first-order chi connectivity index (χ1) is 25.0. The number of nitrogens with zero attached hydrogens (tertiary/aromatic N) is 6. The van der Waals surface area contributed by atoms with Gasteiger partial charge in [-0.2, -0.15) is 18.3 Å². The number of carbonyl (C=O) groups is 3. The fourth-order valence-corrected chi connectivity index (χ4v) is 7.31. The minimum Gasteiger partial charge on any atom is -0.305 e. The summed E-state index contributed by atoms with van der Waals surface area (Å²) in [4.78, 5) is 59.0. The van der Waals surface area contributed by atoms with E-state index in [2.05, 4.69) is 41.8 Å². The summed E-state index contributed by atoms with van der Waals surface area (Å²) < 4.78 is 41.0. The monoisotopic (exact) mass is 721 g/mol. The third kappa shape index (κ3) is 7.20. The van der Waals surface area contributed by atoms with Crippen LogP contribution in [0.25, 0.3) is 21.9 Å². The van der Waals surface area contributed by atoms with Crippen LogP contribution in [0.3, 0.4) is 0 Å². The Balaban J connectivity index is 0.000000209. The fourth-order valence-electron chi connectivity index (χ4n) is 7.31. The second-order valence-electron chi connectivity index (χ2n) is 13.7. The average molecular weight is 722 g/mol. The molecule has 13 nitrogen and oxygen atoms in total. The van der Waals surface area contributed by atoms with Gasteiger partial charge < -0.3 is 10.2 Å². The number of hydrogen-bond donors (Lipinski definition) is 3. The molecule has 1 aliphatic carbocycles. The van der Waals surface area contributed by atoms with Crippen molar-refractivity contribution in [3.05, 3.63) is 82.3 Å². The van der Waals surface area contributed by atoms with Gasteiger partial charge in [0.25, 0.3) is 5.91 Å². The molecular weight excluding hydrogens is 679 g/mol. The van der Waals surface area contributed by atoms with Crippen LogP contribution in [0.2, 0.25) is 0 Å². The maximum absolute atomic E-state index is 13.1. The number of anilines is 1. The molecule has 3 fully saturated rings. The lowest BCUT2D eigenvalue weighted by Crippen LogP contribution is -2.44. The number of likely N-dealkylation sites (tertiary alicyclic amines) is 1. The van der Waals surface area contributed by atoms with E-state index in [1.165, 1.54) is 49.8 Å². The Morgan fingerprint density at radius 3 is 2.50 bits per heavy atom. The number of imidazole rings is 1. The molecule has 1 aromatic carbocycles. The maximum Gasteiger partial charge on any atom is 0.433 e. The molecule has 0 spiro atoms. The molecule has 52 heavy (non-hydrogen) atoms. The molecule has 3 amide bonds. The molecule has 1 unspecified atom stereocenters. The van der Waals surface area contributed by atoms with E-state index in [4.69, 9.17) is 0 Å². The van der Waals surface area contributed by atoms with Gasteiger partial charge in [-0.1, -0.05) is 24.6 Å². The lowest BCUT2D eigenvalue weighted by atomic mass is 9.83. The minimum atomic E-state index is -4.61. The third-order valence-corrected chi connectivity index (χ3v) is 10.3. The van der Waals surface area contributed by atoms with Crippen LogP contribution in [0.5, 0.6) is 0 Å². The van der Waals surface area contributed by atoms with Crippen molar-refractivity contribution in [2.45, 2.75) is 63.1 Å². The van der Waals surface area contributed by atoms with Crippen molar-refractivity contribution in [3.63, 3.8) is 0 Å². The summed E-state index contributed by atoms with van der Waals surface area (Å²) in [6.07, 6.45) is 5.38. The topological polar surface area (TPSA) is 160 Å². The third-order valence-electron chi connectivity index (χ3n) is 10.3. The zero-order chi connectivity index (χ0) is 36.6. The standard InChI is InChI=1S/C23H30N4O3.C13H8F3N5O.2H2/c1-25-21-17(16-10-12-26(13-11-16)14-15-4-2-5-15)6-3-7-18(21)27(23(25)30)19-8-9-20(28)24-22(19)29;14-13(15,16)10-3-1-2-8(19-10)12(22)20-11-4-7-5-18-21-9(7)6-17-11;;/h3,6-7,15-16,19H,2,4-5,8-14H2,1H3,(H,24,28,29);1-6H,(H,18,21)(H,17,20,22);2*1H. The number of alkyl halides is 3. The van der Waals surface area contributed by atoms with Crippen molar-refractivity contribution in [1.29, 1.82) is 0 Å². The van der Waals surface area contributed by atoms with Crippen LogP contribution in [-0.2, 0) is 22.8 Å². The second-order valence-corrected chi connectivity index (χ2v) is 13.7. The molecule has 4 aromatic heterocycles. The number of amides is 3. The lowest BCUT2D eigenvalue weighted by molar-refractivity contribution is -0.141. The number of H-pyrrole nitrogens is 1. The van der Waals surface area contributed by atoms with E-state index >= 15 is 0 Å². The predicted octanol–water partition coefficient (Wildman–Crippen LogP) is 5.41. The molecule has 3 N–H and O–H groups in total. The Kier molecular flexibility index (Phi) is 9.65. The Morgan fingerprint density at radius 1 is 1.02 bits per heavy atom. The van der Waals surface area contributed by atoms with E-state index in [1.54, 1.807) is 22.2 Å². The number of pyridine rings is 2. The number of carbonyl (C=O) groups excluding carboxylic acids is 3. The summed E-state index contributed by atoms with van der Waals surface area (Å²) in [6.45, 7) is 3.46. The number of nitrogens with one attached hydrogen (secondary N) is 3. The highest BCUT2D eigenvalue weighted by Gasteiger charge is 2.34. The number of fused-ring (bicyclic) bond motifs is 2. The van der Waals surface area contributed by atoms with Crippen LogP contribution in [0.15, 0.2) is 59.7 Å². The van der Waals surface area contributed by atoms with Gasteiger partial charge in [0, 0.05) is 28.3 Å². The summed E-state index contributed by atoms with van der Waals surface area (Å²) in [6, 6.07) is 10.1. The fraction of sp³-hybridized carbons (Fsp3) is 0.417. The van der Waals surface area contributed by atoms with Gasteiger partial charge in [0.1, 0.15) is 23.2 Å². The molecule has 1 saturated carbocycles. The number of para-hydroxylation sites is 1. The Labute approximate surface area is 298 Å². The van der Waals surface area contributed by atoms with Crippen LogP contribution < -0.4 is 16.3 Å². The SMILES string of the molecule is Cn1c(=O)n(C2CCC(=O)NC2=O)c2cccc(C3CCN(CC4CCC4)CC3)c21.O=C(Nc1cc2cn[nH]c2cn1)c1cccc(C(F)(F)F)n1.[HH].[HH]. The van der Waals surface area contributed by atoms with Crippen LogP contribution >= 0.6 is 0 Å². The van der Waals surface area contributed by atoms with Gasteiger partial charge in [0.05, 0.1) is 28.9 Å². The Bertz CT molecular complexity index is 2210. The molecule has 0 bridgehead atoms. The summed E-state index contributed by atoms with van der Waals surface area (Å²) in [5.41, 5.74) is 1.96. The molecule has 2 saturated heterocycles. The Morgan fingerprint density at radius 2 is 1.79 bits per heavy atom. The van der Waals surface area contributed by atoms with E-state index in [0.717, 1.165) is 55.0 Å². The van der Waals surface area contributed by atoms with E-state index in [0.29, 0.717) is 23.2 Å². The van der Waals surface area contributed by atoms with E-state index in [1.807, 2.05) is 12.1 Å². The van der Waals surface area contributed by atoms with Crippen LogP contribution in [0.1, 0.15) is 81.5 Å². The first kappa shape index (κ1) is 35.0. The number of halogens is 3. The number of benzene rings is 1. The predicted molar refractivity (Wildman–Crippen MR) is 190 cm³/mol. The number of aryl methyl sites for hydroxylation is 1. The smallest absolute Gasteiger partial charge is 0.305 e. The van der Waals surface area contributed by atoms with Gasteiger partial charge in [0.15, 0.2) is 0 Å². The number of aromatic amines is 1. The van der Waals surface area contributed by atoms with Crippen molar-refractivity contribution < 1.29 is 30.4 Å². The molecule has 5 aromatic rings. The van der Waals surface area contributed by atoms with Crippen LogP contribution in [0.4, 0.5) is 19.0 Å². The quantitative estimate of drug-likeness (QED) is 0.196. The zero-order valence-electron chi connectivity index (χ0n) is 28.4. The highest BCUT2D eigenvalue weighted by atomic mass is 19.4. The first-order valence-corrected chi connectivity index (χ1v) is 17.4. The molecular formula is C36H42F3N9O4. The largest absolute Gasteiger partial charge is 0.433 e. The van der Waals surface area contributed by atoms with Crippen molar-refractivity contribution in [2.24, 2.45) is 13.0 Å². The zero-order valence-corrected chi connectivity index (χ0v) is 28.4. The highest BCUT2D eigenvalue weighted by molar-refractivity contribution is 6.03. The summed E-state index contributed by atoms with van der Waals surface area (Å²) in [7, 11) is 1.79. The van der Waals surface area contributed by atoms with E-state index < -0.39 is 23.8 Å². The molecule has 8 rings (SSSR count). The van der Waals surface area contributed by atoms with E-state index in [9.17, 15) is 32.3 Å². The normalized spacial score (nSPS) is 18.9. The molecule has 276 valence electrons. The highest BCUT2D eigenvalue weighted by Crippen LogP contribution is 2.35. The minimum absolute atomic E-state index is 0. The van der Waals surface area contributed by atoms with E-state index in [-0.39, 0.29) is 38.3 Å². The average Bonchev–Trinajstić information content (AvgIpc) is 3.68. The maximum atomic E-state index is 13.1. The number of piperidine rings is 2. The molecule has 6 heterocycles. The molecule has 3 aliphatic rings. The molecule has 2 aliphatic heterocycles. The van der Waals surface area contributed by atoms with Gasteiger partial charge in [-0.15, -0.1) is 0 Å². The summed E-state index contributed by atoms with van der Waals surface area (Å²) in [5, 5.41) is 12.0. The molecule has 0 radical (unpaired) electrons. The van der Waals surface area contributed by atoms with Crippen molar-refractivity contribution in [3.8, 4) is 0 Å². The molecule has 1 atom stereocenters. The number of imide groups is 1. The number of aromatic nitrogens is 6. The number of rotatable bonds is 6. The first-order valence-electron chi connectivity index (χ1n) is 17.4. The number of hydrogen-bond acceptors (Lipinski definition) is 8. The molecule has 16 heteroatoms. The van der Waals surface area contributed by atoms with Crippen LogP contribution in [-0.4, -0.2) is 71.6 Å². The summed E-state index contributed by atoms with van der Waals surface area (Å²) in [5.74, 6) is 0.0944. The lowest BCUT2D eigenvalue weighted by Gasteiger charge is -2.37. The van der Waals surface area contributed by atoms with Crippen LogP contribution in [0, 0.1) is 5.92 Å². The van der Waals surface area contributed by atoms with Gasteiger partial charge in [-0.05, 0) is 86.9 Å². The summed E-state index contributed by atoms with van der Waals surface area (Å²) >= 11 is 0. The Hall–Kier alpha value is -5.38. The van der Waals surface area contributed by atoms with Crippen molar-refractivity contribution >= 4 is 45.5 Å². The van der Waals surface area contributed by atoms with Gasteiger partial charge in [0.2, 0.25) is 11.8 Å². The van der Waals surface area contributed by atoms with Crippen molar-refractivity contribution in [1.82, 2.24) is 39.5 Å². The van der Waals surface area contributed by atoms with Crippen molar-refractivity contribution in [2.75, 3.05) is 25.0 Å².